The molecule has 2 unspecified atom stereocenters. The zero-order chi connectivity index (χ0) is 16.3. The summed E-state index contributed by atoms with van der Waals surface area (Å²) in [5.74, 6) is 0.904. The minimum absolute atomic E-state index is 0.160. The summed E-state index contributed by atoms with van der Waals surface area (Å²) in [5, 5.41) is 0. The molecule has 1 aliphatic heterocycles. The van der Waals surface area contributed by atoms with Gasteiger partial charge in [-0.1, -0.05) is 6.42 Å². The van der Waals surface area contributed by atoms with Gasteiger partial charge in [-0.15, -0.1) is 0 Å². The third kappa shape index (κ3) is 3.21. The normalized spacial score (nSPS) is 21.4. The standard InChI is InChI=1S/C15H24N2O4S/c1-11(16)13-6-4-5-9-17(13)22(18,19)12-7-8-14(20-2)15(10-12)21-3/h7-8,10-11,13H,4-6,9,16H2,1-3H3. The van der Waals surface area contributed by atoms with E-state index < -0.39 is 10.0 Å². The van der Waals surface area contributed by atoms with Gasteiger partial charge in [0, 0.05) is 24.7 Å². The van der Waals surface area contributed by atoms with Crippen molar-refractivity contribution in [2.75, 3.05) is 20.8 Å². The Bertz CT molecular complexity index is 616. The number of benzene rings is 1. The van der Waals surface area contributed by atoms with Crippen molar-refractivity contribution in [2.24, 2.45) is 5.73 Å². The largest absolute Gasteiger partial charge is 0.493 e. The molecule has 22 heavy (non-hydrogen) atoms. The summed E-state index contributed by atoms with van der Waals surface area (Å²) in [7, 11) is -0.593. The van der Waals surface area contributed by atoms with Gasteiger partial charge in [0.15, 0.2) is 11.5 Å². The molecule has 0 aromatic heterocycles. The average molecular weight is 328 g/mol. The smallest absolute Gasteiger partial charge is 0.243 e. The van der Waals surface area contributed by atoms with Gasteiger partial charge >= 0.3 is 0 Å². The molecule has 7 heteroatoms. The molecule has 0 bridgehead atoms. The fourth-order valence-electron chi connectivity index (χ4n) is 2.87. The molecule has 6 nitrogen and oxygen atoms in total. The van der Waals surface area contributed by atoms with E-state index in [4.69, 9.17) is 15.2 Å². The van der Waals surface area contributed by atoms with Crippen molar-refractivity contribution < 1.29 is 17.9 Å². The van der Waals surface area contributed by atoms with Crippen LogP contribution in [0, 0.1) is 0 Å². The Morgan fingerprint density at radius 1 is 1.23 bits per heavy atom. The van der Waals surface area contributed by atoms with Crippen LogP contribution in [0.1, 0.15) is 26.2 Å². The Kier molecular flexibility index (Phi) is 5.31. The highest BCUT2D eigenvalue weighted by Crippen LogP contribution is 2.33. The lowest BCUT2D eigenvalue weighted by atomic mass is 10.00. The van der Waals surface area contributed by atoms with Crippen LogP contribution in [0.2, 0.25) is 0 Å². The quantitative estimate of drug-likeness (QED) is 0.888. The van der Waals surface area contributed by atoms with E-state index in [1.807, 2.05) is 6.92 Å². The van der Waals surface area contributed by atoms with Gasteiger partial charge in [0.1, 0.15) is 0 Å². The number of rotatable bonds is 5. The maximum Gasteiger partial charge on any atom is 0.243 e. The zero-order valence-corrected chi connectivity index (χ0v) is 14.1. The SMILES string of the molecule is COc1ccc(S(=O)(=O)N2CCCCC2C(C)N)cc1OC. The Morgan fingerprint density at radius 2 is 1.91 bits per heavy atom. The zero-order valence-electron chi connectivity index (χ0n) is 13.3. The third-order valence-electron chi connectivity index (χ3n) is 4.07. The molecule has 1 aliphatic rings. The minimum Gasteiger partial charge on any atom is -0.493 e. The molecule has 1 fully saturated rings. The lowest BCUT2D eigenvalue weighted by molar-refractivity contribution is 0.227. The number of nitrogens with two attached hydrogens (primary N) is 1. The molecule has 1 aromatic rings. The molecule has 2 N–H and O–H groups in total. The first-order valence-corrected chi connectivity index (χ1v) is 8.85. The van der Waals surface area contributed by atoms with Crippen LogP contribution in [0.25, 0.3) is 0 Å². The summed E-state index contributed by atoms with van der Waals surface area (Å²) in [6.07, 6.45) is 2.66. The Morgan fingerprint density at radius 3 is 2.50 bits per heavy atom. The van der Waals surface area contributed by atoms with Gasteiger partial charge in [0.05, 0.1) is 19.1 Å². The first kappa shape index (κ1) is 17.1. The lowest BCUT2D eigenvalue weighted by Gasteiger charge is -2.36. The van der Waals surface area contributed by atoms with E-state index in [1.165, 1.54) is 24.6 Å². The molecular formula is C15H24N2O4S. The number of hydrogen-bond acceptors (Lipinski definition) is 5. The first-order chi connectivity index (χ1) is 10.4. The molecule has 124 valence electrons. The summed E-state index contributed by atoms with van der Waals surface area (Å²) in [5.41, 5.74) is 5.98. The fraction of sp³-hybridized carbons (Fsp3) is 0.600. The van der Waals surface area contributed by atoms with Crippen LogP contribution in [0.3, 0.4) is 0 Å². The van der Waals surface area contributed by atoms with Crippen molar-refractivity contribution in [1.82, 2.24) is 4.31 Å². The third-order valence-corrected chi connectivity index (χ3v) is 5.99. The van der Waals surface area contributed by atoms with Crippen LogP contribution in [0.5, 0.6) is 11.5 Å². The van der Waals surface area contributed by atoms with Crippen molar-refractivity contribution >= 4 is 10.0 Å². The topological polar surface area (TPSA) is 81.9 Å². The van der Waals surface area contributed by atoms with Crippen molar-refractivity contribution in [3.63, 3.8) is 0 Å². The van der Waals surface area contributed by atoms with Crippen LogP contribution in [0.4, 0.5) is 0 Å². The van der Waals surface area contributed by atoms with E-state index in [-0.39, 0.29) is 17.0 Å². The predicted molar refractivity (Wildman–Crippen MR) is 84.7 cm³/mol. The van der Waals surface area contributed by atoms with Crippen LogP contribution in [-0.4, -0.2) is 45.6 Å². The van der Waals surface area contributed by atoms with Gasteiger partial charge in [-0.3, -0.25) is 0 Å². The van der Waals surface area contributed by atoms with E-state index in [9.17, 15) is 8.42 Å². The van der Waals surface area contributed by atoms with E-state index in [0.717, 1.165) is 19.3 Å². The van der Waals surface area contributed by atoms with E-state index in [0.29, 0.717) is 18.0 Å². The molecule has 2 atom stereocenters. The van der Waals surface area contributed by atoms with Crippen LogP contribution in [-0.2, 0) is 10.0 Å². The highest BCUT2D eigenvalue weighted by atomic mass is 32.2. The van der Waals surface area contributed by atoms with Crippen molar-refractivity contribution in [2.45, 2.75) is 43.2 Å². The van der Waals surface area contributed by atoms with E-state index in [2.05, 4.69) is 0 Å². The molecule has 2 rings (SSSR count). The molecule has 0 amide bonds. The second-order valence-electron chi connectivity index (χ2n) is 5.55. The van der Waals surface area contributed by atoms with Gasteiger partial charge in [0.25, 0.3) is 0 Å². The maximum atomic E-state index is 12.9. The number of hydrogen-bond donors (Lipinski definition) is 1. The average Bonchev–Trinajstić information content (AvgIpc) is 2.54. The van der Waals surface area contributed by atoms with E-state index in [1.54, 1.807) is 12.1 Å². The van der Waals surface area contributed by atoms with Gasteiger partial charge in [0.2, 0.25) is 10.0 Å². The second kappa shape index (κ2) is 6.85. The van der Waals surface area contributed by atoms with Crippen LogP contribution < -0.4 is 15.2 Å². The molecule has 0 saturated carbocycles. The predicted octanol–water partition coefficient (Wildman–Crippen LogP) is 1.59. The van der Waals surface area contributed by atoms with E-state index >= 15 is 0 Å². The van der Waals surface area contributed by atoms with Crippen molar-refractivity contribution in [3.05, 3.63) is 18.2 Å². The fourth-order valence-corrected chi connectivity index (χ4v) is 4.66. The van der Waals surface area contributed by atoms with Crippen molar-refractivity contribution in [1.29, 1.82) is 0 Å². The highest BCUT2D eigenvalue weighted by Gasteiger charge is 2.35. The summed E-state index contributed by atoms with van der Waals surface area (Å²) < 4.78 is 37.8. The number of nitrogens with zero attached hydrogens (tertiary/aromatic N) is 1. The minimum atomic E-state index is -3.60. The molecule has 0 radical (unpaired) electrons. The number of piperidine rings is 1. The molecule has 1 saturated heterocycles. The summed E-state index contributed by atoms with van der Waals surface area (Å²) in [6.45, 7) is 2.36. The van der Waals surface area contributed by atoms with Crippen LogP contribution in [0.15, 0.2) is 23.1 Å². The molecule has 0 aliphatic carbocycles. The number of ether oxygens (including phenoxy) is 2. The molecular weight excluding hydrogens is 304 g/mol. The number of methoxy groups -OCH3 is 2. The summed E-state index contributed by atoms with van der Waals surface area (Å²) in [4.78, 5) is 0.206. The Hall–Kier alpha value is -1.31. The Labute approximate surface area is 132 Å². The van der Waals surface area contributed by atoms with Gasteiger partial charge < -0.3 is 15.2 Å². The highest BCUT2D eigenvalue weighted by molar-refractivity contribution is 7.89. The van der Waals surface area contributed by atoms with Crippen LogP contribution >= 0.6 is 0 Å². The second-order valence-corrected chi connectivity index (χ2v) is 7.45. The summed E-state index contributed by atoms with van der Waals surface area (Å²) in [6, 6.07) is 4.29. The van der Waals surface area contributed by atoms with Gasteiger partial charge in [-0.05, 0) is 31.9 Å². The molecule has 1 aromatic carbocycles. The lowest BCUT2D eigenvalue weighted by Crippen LogP contribution is -2.51. The Balaban J connectivity index is 2.40. The number of sulfonamides is 1. The van der Waals surface area contributed by atoms with Gasteiger partial charge in [-0.2, -0.15) is 4.31 Å². The maximum absolute atomic E-state index is 12.9. The molecule has 1 heterocycles. The summed E-state index contributed by atoms with van der Waals surface area (Å²) >= 11 is 0. The monoisotopic (exact) mass is 328 g/mol. The first-order valence-electron chi connectivity index (χ1n) is 7.41. The molecule has 0 spiro atoms. The van der Waals surface area contributed by atoms with Gasteiger partial charge in [-0.25, -0.2) is 8.42 Å². The van der Waals surface area contributed by atoms with Crippen molar-refractivity contribution in [3.8, 4) is 11.5 Å².